The van der Waals surface area contributed by atoms with Crippen LogP contribution in [-0.2, 0) is 0 Å². The summed E-state index contributed by atoms with van der Waals surface area (Å²) in [6.07, 6.45) is 0. The average Bonchev–Trinajstić information content (AvgIpc) is 2.50. The molecule has 2 aromatic carbocycles. The Labute approximate surface area is 127 Å². The van der Waals surface area contributed by atoms with Gasteiger partial charge in [-0.05, 0) is 42.0 Å². The lowest BCUT2D eigenvalue weighted by Crippen LogP contribution is -2.32. The number of halogens is 2. The molecule has 0 aromatic heterocycles. The standard InChI is InChI=1S/C15H16ClFN2O2/c1-20-15-7-2-10(8-13(15)17)14(19-18)9-21-12-5-3-11(16)4-6-12/h2-8,14,19H,9,18H2,1H3. The van der Waals surface area contributed by atoms with Crippen LogP contribution in [0.1, 0.15) is 11.6 Å². The number of ether oxygens (including phenoxy) is 2. The Morgan fingerprint density at radius 2 is 1.95 bits per heavy atom. The maximum Gasteiger partial charge on any atom is 0.165 e. The molecule has 0 amide bonds. The molecule has 1 unspecified atom stereocenters. The molecule has 0 heterocycles. The van der Waals surface area contributed by atoms with Crippen LogP contribution in [0.15, 0.2) is 42.5 Å². The molecule has 0 spiro atoms. The van der Waals surface area contributed by atoms with Crippen molar-refractivity contribution < 1.29 is 13.9 Å². The SMILES string of the molecule is COc1ccc(C(COc2ccc(Cl)cc2)NN)cc1F. The zero-order chi connectivity index (χ0) is 15.2. The third kappa shape index (κ3) is 4.07. The zero-order valence-corrected chi connectivity index (χ0v) is 12.2. The lowest BCUT2D eigenvalue weighted by atomic mass is 10.1. The fourth-order valence-corrected chi connectivity index (χ4v) is 1.98. The van der Waals surface area contributed by atoms with E-state index in [1.54, 1.807) is 36.4 Å². The second-order valence-corrected chi connectivity index (χ2v) is 4.81. The van der Waals surface area contributed by atoms with Gasteiger partial charge >= 0.3 is 0 Å². The summed E-state index contributed by atoms with van der Waals surface area (Å²) in [4.78, 5) is 0. The number of hydrazine groups is 1. The highest BCUT2D eigenvalue weighted by molar-refractivity contribution is 6.30. The number of hydrogen-bond donors (Lipinski definition) is 2. The van der Waals surface area contributed by atoms with E-state index >= 15 is 0 Å². The first-order valence-corrected chi connectivity index (χ1v) is 6.69. The number of benzene rings is 2. The largest absolute Gasteiger partial charge is 0.494 e. The summed E-state index contributed by atoms with van der Waals surface area (Å²) in [5, 5.41) is 0.632. The van der Waals surface area contributed by atoms with Gasteiger partial charge in [-0.2, -0.15) is 0 Å². The van der Waals surface area contributed by atoms with E-state index in [2.05, 4.69) is 5.43 Å². The molecule has 0 bridgehead atoms. The minimum absolute atomic E-state index is 0.188. The topological polar surface area (TPSA) is 56.5 Å². The first-order chi connectivity index (χ1) is 10.1. The van der Waals surface area contributed by atoms with Crippen molar-refractivity contribution in [2.45, 2.75) is 6.04 Å². The van der Waals surface area contributed by atoms with Gasteiger partial charge in [0.2, 0.25) is 0 Å². The van der Waals surface area contributed by atoms with Gasteiger partial charge in [0.05, 0.1) is 13.2 Å². The smallest absolute Gasteiger partial charge is 0.165 e. The van der Waals surface area contributed by atoms with E-state index in [4.69, 9.17) is 26.9 Å². The van der Waals surface area contributed by atoms with Crippen LogP contribution in [0.4, 0.5) is 4.39 Å². The Hall–Kier alpha value is -1.82. The molecular formula is C15H16ClFN2O2. The van der Waals surface area contributed by atoms with Gasteiger partial charge < -0.3 is 9.47 Å². The fraction of sp³-hybridized carbons (Fsp3) is 0.200. The highest BCUT2D eigenvalue weighted by atomic mass is 35.5. The summed E-state index contributed by atoms with van der Waals surface area (Å²) in [5.74, 6) is 5.91. The molecule has 0 aliphatic carbocycles. The maximum atomic E-state index is 13.7. The number of nitrogens with one attached hydrogen (secondary N) is 1. The maximum absolute atomic E-state index is 13.7. The van der Waals surface area contributed by atoms with Crippen molar-refractivity contribution in [3.05, 3.63) is 58.9 Å². The summed E-state index contributed by atoms with van der Waals surface area (Å²) in [7, 11) is 1.42. The molecule has 21 heavy (non-hydrogen) atoms. The number of hydrogen-bond acceptors (Lipinski definition) is 4. The van der Waals surface area contributed by atoms with Crippen LogP contribution in [0, 0.1) is 5.82 Å². The third-order valence-corrected chi connectivity index (χ3v) is 3.26. The predicted octanol–water partition coefficient (Wildman–Crippen LogP) is 3.07. The molecule has 3 N–H and O–H groups in total. The Kier molecular flexibility index (Phi) is 5.38. The monoisotopic (exact) mass is 310 g/mol. The normalized spacial score (nSPS) is 12.0. The Bertz CT molecular complexity index is 593. The predicted molar refractivity (Wildman–Crippen MR) is 80.0 cm³/mol. The molecule has 0 aliphatic rings. The number of methoxy groups -OCH3 is 1. The van der Waals surface area contributed by atoms with Gasteiger partial charge in [-0.3, -0.25) is 5.84 Å². The molecule has 0 saturated carbocycles. The summed E-state index contributed by atoms with van der Waals surface area (Å²) >= 11 is 5.80. The molecule has 2 aromatic rings. The van der Waals surface area contributed by atoms with E-state index in [0.29, 0.717) is 16.3 Å². The van der Waals surface area contributed by atoms with Gasteiger partial charge in [-0.25, -0.2) is 9.82 Å². The van der Waals surface area contributed by atoms with Crippen LogP contribution in [0.2, 0.25) is 5.02 Å². The molecule has 2 rings (SSSR count). The molecule has 0 aliphatic heterocycles. The van der Waals surface area contributed by atoms with E-state index in [0.717, 1.165) is 0 Å². The summed E-state index contributed by atoms with van der Waals surface area (Å²) < 4.78 is 24.2. The number of rotatable bonds is 6. The van der Waals surface area contributed by atoms with E-state index in [9.17, 15) is 4.39 Å². The fourth-order valence-electron chi connectivity index (χ4n) is 1.85. The van der Waals surface area contributed by atoms with Gasteiger partial charge in [-0.15, -0.1) is 0 Å². The zero-order valence-electron chi connectivity index (χ0n) is 11.5. The van der Waals surface area contributed by atoms with E-state index in [1.807, 2.05) is 0 Å². The van der Waals surface area contributed by atoms with Gasteiger partial charge in [-0.1, -0.05) is 17.7 Å². The van der Waals surface area contributed by atoms with Gasteiger partial charge in [0.25, 0.3) is 0 Å². The molecule has 1 atom stereocenters. The van der Waals surface area contributed by atoms with Crippen LogP contribution < -0.4 is 20.7 Å². The van der Waals surface area contributed by atoms with Crippen molar-refractivity contribution in [1.82, 2.24) is 5.43 Å². The molecule has 0 saturated heterocycles. The lowest BCUT2D eigenvalue weighted by Gasteiger charge is -2.18. The van der Waals surface area contributed by atoms with Gasteiger partial charge in [0.1, 0.15) is 12.4 Å². The van der Waals surface area contributed by atoms with Crippen LogP contribution in [-0.4, -0.2) is 13.7 Å². The van der Waals surface area contributed by atoms with Gasteiger partial charge in [0, 0.05) is 5.02 Å². The second kappa shape index (κ2) is 7.26. The van der Waals surface area contributed by atoms with Crippen molar-refractivity contribution >= 4 is 11.6 Å². The van der Waals surface area contributed by atoms with Crippen LogP contribution >= 0.6 is 11.6 Å². The Balaban J connectivity index is 2.05. The van der Waals surface area contributed by atoms with Crippen LogP contribution in [0.3, 0.4) is 0 Å². The quantitative estimate of drug-likeness (QED) is 0.636. The summed E-state index contributed by atoms with van der Waals surface area (Å²) in [6.45, 7) is 0.254. The lowest BCUT2D eigenvalue weighted by molar-refractivity contribution is 0.267. The molecule has 6 heteroatoms. The van der Waals surface area contributed by atoms with E-state index in [1.165, 1.54) is 13.2 Å². The molecule has 4 nitrogen and oxygen atoms in total. The summed E-state index contributed by atoms with van der Waals surface area (Å²) in [6, 6.07) is 11.3. The van der Waals surface area contributed by atoms with Crippen molar-refractivity contribution in [2.24, 2.45) is 5.84 Å². The van der Waals surface area contributed by atoms with Crippen molar-refractivity contribution in [3.63, 3.8) is 0 Å². The highest BCUT2D eigenvalue weighted by Crippen LogP contribution is 2.23. The minimum Gasteiger partial charge on any atom is -0.494 e. The Morgan fingerprint density at radius 1 is 1.24 bits per heavy atom. The molecule has 0 fully saturated rings. The molecule has 112 valence electrons. The van der Waals surface area contributed by atoms with Crippen molar-refractivity contribution in [3.8, 4) is 11.5 Å². The number of nitrogens with two attached hydrogens (primary N) is 1. The van der Waals surface area contributed by atoms with Crippen LogP contribution in [0.25, 0.3) is 0 Å². The molecular weight excluding hydrogens is 295 g/mol. The van der Waals surface area contributed by atoms with Gasteiger partial charge in [0.15, 0.2) is 11.6 Å². The van der Waals surface area contributed by atoms with E-state index in [-0.39, 0.29) is 18.4 Å². The van der Waals surface area contributed by atoms with E-state index < -0.39 is 5.82 Å². The summed E-state index contributed by atoms with van der Waals surface area (Å²) in [5.41, 5.74) is 3.28. The highest BCUT2D eigenvalue weighted by Gasteiger charge is 2.13. The van der Waals surface area contributed by atoms with Crippen LogP contribution in [0.5, 0.6) is 11.5 Å². The van der Waals surface area contributed by atoms with Crippen molar-refractivity contribution in [1.29, 1.82) is 0 Å². The van der Waals surface area contributed by atoms with Crippen molar-refractivity contribution in [2.75, 3.05) is 13.7 Å². The first-order valence-electron chi connectivity index (χ1n) is 6.32. The molecule has 0 radical (unpaired) electrons. The third-order valence-electron chi connectivity index (χ3n) is 3.01. The average molecular weight is 311 g/mol. The minimum atomic E-state index is -0.443. The Morgan fingerprint density at radius 3 is 2.52 bits per heavy atom. The second-order valence-electron chi connectivity index (χ2n) is 4.38. The first kappa shape index (κ1) is 15.6.